The summed E-state index contributed by atoms with van der Waals surface area (Å²) in [7, 11) is 0. The minimum Gasteiger partial charge on any atom is -0.456 e. The van der Waals surface area contributed by atoms with Crippen LogP contribution in [0.2, 0.25) is 0 Å². The van der Waals surface area contributed by atoms with Gasteiger partial charge in [0, 0.05) is 6.54 Å². The van der Waals surface area contributed by atoms with E-state index in [4.69, 9.17) is 4.74 Å². The summed E-state index contributed by atoms with van der Waals surface area (Å²) < 4.78 is 6.55. The van der Waals surface area contributed by atoms with Gasteiger partial charge < -0.3 is 10.1 Å². The van der Waals surface area contributed by atoms with Crippen molar-refractivity contribution in [3.05, 3.63) is 86.2 Å². The maximum atomic E-state index is 12.6. The number of carbonyl (C=O) groups is 1. The van der Waals surface area contributed by atoms with E-state index in [1.807, 2.05) is 30.3 Å². The van der Waals surface area contributed by atoms with Crippen LogP contribution in [0.4, 0.5) is 5.82 Å². The number of aromatic amines is 1. The number of allylic oxidation sites excluding steroid dienone is 1. The molecule has 7 heteroatoms. The van der Waals surface area contributed by atoms with Gasteiger partial charge in [-0.05, 0) is 5.56 Å². The monoisotopic (exact) mass is 337 g/mol. The van der Waals surface area contributed by atoms with E-state index in [9.17, 15) is 14.4 Å². The molecule has 1 aromatic heterocycles. The van der Waals surface area contributed by atoms with Crippen molar-refractivity contribution in [2.45, 2.75) is 12.5 Å². The third-order valence-corrected chi connectivity index (χ3v) is 4.42. The molecule has 4 rings (SSSR count). The predicted octanol–water partition coefficient (Wildman–Crippen LogP) is 1.09. The number of nitrogens with zero attached hydrogens (tertiary/aromatic N) is 1. The van der Waals surface area contributed by atoms with Gasteiger partial charge in [-0.15, -0.1) is 6.58 Å². The van der Waals surface area contributed by atoms with Gasteiger partial charge >= 0.3 is 11.7 Å². The molecular weight excluding hydrogens is 322 g/mol. The number of carbonyl (C=O) groups excluding carboxylic acids is 1. The van der Waals surface area contributed by atoms with Crippen molar-refractivity contribution >= 4 is 11.8 Å². The number of nitrogens with one attached hydrogen (secondary N) is 2. The van der Waals surface area contributed by atoms with Crippen LogP contribution in [0.1, 0.15) is 17.0 Å². The Morgan fingerprint density at radius 2 is 2.00 bits per heavy atom. The molecule has 0 bridgehead atoms. The minimum absolute atomic E-state index is 0.0893. The van der Waals surface area contributed by atoms with Gasteiger partial charge in [-0.25, -0.2) is 9.59 Å². The van der Waals surface area contributed by atoms with E-state index >= 15 is 0 Å². The second kappa shape index (κ2) is 5.62. The molecule has 25 heavy (non-hydrogen) atoms. The lowest BCUT2D eigenvalue weighted by molar-refractivity contribution is -0.136. The highest BCUT2D eigenvalue weighted by atomic mass is 16.5. The van der Waals surface area contributed by atoms with Crippen LogP contribution in [0.25, 0.3) is 0 Å². The van der Waals surface area contributed by atoms with Crippen molar-refractivity contribution in [1.82, 2.24) is 9.55 Å². The largest absolute Gasteiger partial charge is 0.456 e. The molecule has 2 aromatic rings. The van der Waals surface area contributed by atoms with Crippen molar-refractivity contribution < 1.29 is 9.53 Å². The van der Waals surface area contributed by atoms with Crippen LogP contribution in [-0.4, -0.2) is 22.1 Å². The first kappa shape index (κ1) is 15.2. The fourth-order valence-corrected chi connectivity index (χ4v) is 3.37. The second-order valence-corrected chi connectivity index (χ2v) is 5.86. The Labute approximate surface area is 142 Å². The fourth-order valence-electron chi connectivity index (χ4n) is 3.37. The number of rotatable bonds is 3. The second-order valence-electron chi connectivity index (χ2n) is 5.86. The molecule has 2 aliphatic heterocycles. The van der Waals surface area contributed by atoms with Gasteiger partial charge in [0.25, 0.3) is 5.56 Å². The van der Waals surface area contributed by atoms with Gasteiger partial charge in [-0.1, -0.05) is 36.4 Å². The Bertz CT molecular complexity index is 1030. The lowest BCUT2D eigenvalue weighted by Gasteiger charge is -2.27. The first-order valence-electron chi connectivity index (χ1n) is 7.82. The summed E-state index contributed by atoms with van der Waals surface area (Å²) >= 11 is 0. The highest BCUT2D eigenvalue weighted by Crippen LogP contribution is 2.42. The molecule has 0 unspecified atom stereocenters. The highest BCUT2D eigenvalue weighted by molar-refractivity contribution is 5.96. The maximum absolute atomic E-state index is 12.6. The van der Waals surface area contributed by atoms with E-state index in [2.05, 4.69) is 16.9 Å². The van der Waals surface area contributed by atoms with Crippen LogP contribution < -0.4 is 16.6 Å². The molecule has 2 N–H and O–H groups in total. The number of benzene rings is 1. The molecule has 0 saturated carbocycles. The Hall–Kier alpha value is -3.35. The van der Waals surface area contributed by atoms with Gasteiger partial charge in [0.1, 0.15) is 12.4 Å². The summed E-state index contributed by atoms with van der Waals surface area (Å²) in [5.74, 6) is -0.676. The molecule has 2 aliphatic rings. The van der Waals surface area contributed by atoms with Crippen molar-refractivity contribution in [3.63, 3.8) is 0 Å². The number of fused-ring (bicyclic) bond motifs is 1. The third-order valence-electron chi connectivity index (χ3n) is 4.42. The van der Waals surface area contributed by atoms with E-state index in [0.717, 1.165) is 5.56 Å². The Morgan fingerprint density at radius 3 is 2.72 bits per heavy atom. The molecule has 0 spiro atoms. The van der Waals surface area contributed by atoms with E-state index in [-0.39, 0.29) is 13.2 Å². The first-order valence-corrected chi connectivity index (χ1v) is 7.82. The van der Waals surface area contributed by atoms with E-state index in [1.54, 1.807) is 6.08 Å². The summed E-state index contributed by atoms with van der Waals surface area (Å²) in [4.78, 5) is 39.4. The van der Waals surface area contributed by atoms with Crippen molar-refractivity contribution in [1.29, 1.82) is 0 Å². The predicted molar refractivity (Wildman–Crippen MR) is 91.4 cm³/mol. The Morgan fingerprint density at radius 1 is 1.24 bits per heavy atom. The normalized spacial score (nSPS) is 18.2. The van der Waals surface area contributed by atoms with Gasteiger partial charge in [-0.3, -0.25) is 14.3 Å². The van der Waals surface area contributed by atoms with Crippen LogP contribution in [0.5, 0.6) is 0 Å². The van der Waals surface area contributed by atoms with Gasteiger partial charge in [0.05, 0.1) is 22.8 Å². The van der Waals surface area contributed by atoms with Crippen LogP contribution in [0.3, 0.4) is 0 Å². The van der Waals surface area contributed by atoms with Crippen LogP contribution in [0, 0.1) is 0 Å². The number of aromatic nitrogens is 2. The standard InChI is InChI=1S/C18H15N3O4/c1-2-8-21-15-14(16(22)20-18(21)24)12(10-6-4-3-5-7-10)13-11(19-15)9-25-17(13)23/h2-7,12,19H,1,8-9H2,(H,20,22,24)/t12-/m1/s1. The zero-order valence-electron chi connectivity index (χ0n) is 13.2. The molecule has 0 amide bonds. The summed E-state index contributed by atoms with van der Waals surface area (Å²) in [5.41, 5.74) is 1.04. The number of anilines is 1. The number of esters is 1. The average molecular weight is 337 g/mol. The number of cyclic esters (lactones) is 1. The Kier molecular flexibility index (Phi) is 3.42. The van der Waals surface area contributed by atoms with Crippen molar-refractivity contribution in [2.75, 3.05) is 11.9 Å². The third kappa shape index (κ3) is 2.24. The molecule has 0 saturated heterocycles. The molecule has 0 aliphatic carbocycles. The number of H-pyrrole nitrogens is 1. The fraction of sp³-hybridized carbons (Fsp3) is 0.167. The molecule has 0 radical (unpaired) electrons. The van der Waals surface area contributed by atoms with Crippen molar-refractivity contribution in [2.24, 2.45) is 0 Å². The summed E-state index contributed by atoms with van der Waals surface area (Å²) in [6.45, 7) is 3.97. The number of hydrogen-bond donors (Lipinski definition) is 2. The van der Waals surface area contributed by atoms with Gasteiger partial charge in [0.15, 0.2) is 0 Å². The molecule has 7 nitrogen and oxygen atoms in total. The van der Waals surface area contributed by atoms with Crippen molar-refractivity contribution in [3.8, 4) is 0 Å². The van der Waals surface area contributed by atoms with Crippen LogP contribution in [0.15, 0.2) is 63.8 Å². The molecule has 1 aromatic carbocycles. The topological polar surface area (TPSA) is 93.2 Å². The quantitative estimate of drug-likeness (QED) is 0.646. The lowest BCUT2D eigenvalue weighted by atomic mass is 9.83. The Balaban J connectivity index is 2.05. The maximum Gasteiger partial charge on any atom is 0.337 e. The molecule has 3 heterocycles. The van der Waals surface area contributed by atoms with E-state index in [0.29, 0.717) is 22.7 Å². The average Bonchev–Trinajstić information content (AvgIpc) is 2.98. The number of ether oxygens (including phenoxy) is 1. The first-order chi connectivity index (χ1) is 12.1. The zero-order valence-corrected chi connectivity index (χ0v) is 13.2. The molecule has 126 valence electrons. The lowest BCUT2D eigenvalue weighted by Crippen LogP contribution is -2.38. The van der Waals surface area contributed by atoms with Gasteiger partial charge in [-0.2, -0.15) is 0 Å². The zero-order chi connectivity index (χ0) is 17.6. The summed E-state index contributed by atoms with van der Waals surface area (Å²) in [5, 5.41) is 3.05. The highest BCUT2D eigenvalue weighted by Gasteiger charge is 2.41. The van der Waals surface area contributed by atoms with E-state index < -0.39 is 23.1 Å². The van der Waals surface area contributed by atoms with E-state index in [1.165, 1.54) is 4.57 Å². The molecule has 0 fully saturated rings. The minimum atomic E-state index is -0.595. The SMILES string of the molecule is C=CCn1c2c(c(=O)[nH]c1=O)[C@H](c1ccccc1)C1=C(COC1=O)N2. The van der Waals surface area contributed by atoms with Crippen LogP contribution in [-0.2, 0) is 16.1 Å². The molecule has 1 atom stereocenters. The summed E-state index contributed by atoms with van der Waals surface area (Å²) in [6.07, 6.45) is 1.57. The molecular formula is C18H15N3O4. The number of hydrogen-bond acceptors (Lipinski definition) is 5. The van der Waals surface area contributed by atoms with Gasteiger partial charge in [0.2, 0.25) is 0 Å². The van der Waals surface area contributed by atoms with Crippen LogP contribution >= 0.6 is 0 Å². The summed E-state index contributed by atoms with van der Waals surface area (Å²) in [6, 6.07) is 9.23. The smallest absolute Gasteiger partial charge is 0.337 e.